The predicted molar refractivity (Wildman–Crippen MR) is 116 cm³/mol. The van der Waals surface area contributed by atoms with Gasteiger partial charge in [0.1, 0.15) is 6.61 Å². The maximum Gasteiger partial charge on any atom is 0.214 e. The summed E-state index contributed by atoms with van der Waals surface area (Å²) < 4.78 is 14.8. The van der Waals surface area contributed by atoms with Crippen LogP contribution in [0, 0.1) is 11.7 Å². The normalized spacial score (nSPS) is 10.7. The molecule has 0 fully saturated rings. The Hall–Kier alpha value is -2.32. The van der Waals surface area contributed by atoms with E-state index in [4.69, 9.17) is 21.7 Å². The topological polar surface area (TPSA) is 64.1 Å². The van der Waals surface area contributed by atoms with Crippen LogP contribution in [0.3, 0.4) is 0 Å². The highest BCUT2D eigenvalue weighted by molar-refractivity contribution is 9.10. The lowest BCUT2D eigenvalue weighted by Crippen LogP contribution is -2.17. The molecule has 0 unspecified atom stereocenters. The number of methoxy groups -OCH3 is 1. The third-order valence-electron chi connectivity index (χ3n) is 4.33. The van der Waals surface area contributed by atoms with E-state index in [0.29, 0.717) is 29.4 Å². The number of hydrogen-bond donors (Lipinski definition) is 2. The van der Waals surface area contributed by atoms with Gasteiger partial charge in [-0.15, -0.1) is 0 Å². The highest BCUT2D eigenvalue weighted by atomic mass is 79.9. The van der Waals surface area contributed by atoms with E-state index in [0.717, 1.165) is 27.8 Å². The van der Waals surface area contributed by atoms with Crippen LogP contribution in [0.5, 0.6) is 11.5 Å². The van der Waals surface area contributed by atoms with Crippen molar-refractivity contribution in [2.75, 3.05) is 12.5 Å². The standard InChI is InChI=1S/C20H23BrN4O2S/c1-4-19-23-24-20(28)25(19)22-11-15-9-17(26-3)18(10-16(15)21)27-12-14-7-5-13(2)6-8-14/h5-10,22H,4,11-12H2,1-3H3,(H,24,28). The van der Waals surface area contributed by atoms with Gasteiger partial charge in [-0.25, -0.2) is 4.68 Å². The maximum absolute atomic E-state index is 5.98. The van der Waals surface area contributed by atoms with Crippen LogP contribution in [0.2, 0.25) is 0 Å². The smallest absolute Gasteiger partial charge is 0.214 e. The molecule has 0 aliphatic carbocycles. The number of nitrogens with one attached hydrogen (secondary N) is 2. The van der Waals surface area contributed by atoms with Crippen LogP contribution >= 0.6 is 28.1 Å². The van der Waals surface area contributed by atoms with E-state index in [1.165, 1.54) is 5.56 Å². The molecule has 8 heteroatoms. The summed E-state index contributed by atoms with van der Waals surface area (Å²) in [6.45, 7) is 5.13. The van der Waals surface area contributed by atoms with Gasteiger partial charge in [0.25, 0.3) is 0 Å². The van der Waals surface area contributed by atoms with E-state index in [2.05, 4.69) is 62.7 Å². The van der Waals surface area contributed by atoms with Crippen LogP contribution in [-0.2, 0) is 19.6 Å². The van der Waals surface area contributed by atoms with Crippen molar-refractivity contribution in [3.8, 4) is 11.5 Å². The molecule has 1 heterocycles. The van der Waals surface area contributed by atoms with E-state index < -0.39 is 0 Å². The zero-order chi connectivity index (χ0) is 20.1. The summed E-state index contributed by atoms with van der Waals surface area (Å²) in [4.78, 5) is 0. The van der Waals surface area contributed by atoms with Crippen molar-refractivity contribution in [2.24, 2.45) is 0 Å². The van der Waals surface area contributed by atoms with Crippen molar-refractivity contribution in [3.63, 3.8) is 0 Å². The third kappa shape index (κ3) is 4.74. The van der Waals surface area contributed by atoms with Gasteiger partial charge in [-0.2, -0.15) is 5.10 Å². The van der Waals surface area contributed by atoms with Gasteiger partial charge in [0.2, 0.25) is 4.77 Å². The summed E-state index contributed by atoms with van der Waals surface area (Å²) in [5, 5.41) is 7.01. The minimum Gasteiger partial charge on any atom is -0.493 e. The SMILES string of the molecule is CCc1n[nH]c(=S)n1NCc1cc(OC)c(OCc2ccc(C)cc2)cc1Br. The van der Waals surface area contributed by atoms with Crippen molar-refractivity contribution < 1.29 is 9.47 Å². The van der Waals surface area contributed by atoms with Gasteiger partial charge in [0.15, 0.2) is 17.3 Å². The fourth-order valence-electron chi connectivity index (χ4n) is 2.72. The fourth-order valence-corrected chi connectivity index (χ4v) is 3.40. The van der Waals surface area contributed by atoms with Gasteiger partial charge >= 0.3 is 0 Å². The number of aromatic nitrogens is 3. The number of benzene rings is 2. The van der Waals surface area contributed by atoms with Crippen LogP contribution in [0.4, 0.5) is 0 Å². The van der Waals surface area contributed by atoms with E-state index in [1.54, 1.807) is 11.8 Å². The first-order chi connectivity index (χ1) is 13.5. The first-order valence-corrected chi connectivity index (χ1v) is 10.2. The molecule has 0 saturated carbocycles. The van der Waals surface area contributed by atoms with E-state index >= 15 is 0 Å². The predicted octanol–water partition coefficient (Wildman–Crippen LogP) is 4.91. The molecule has 2 N–H and O–H groups in total. The van der Waals surface area contributed by atoms with Crippen LogP contribution < -0.4 is 14.9 Å². The Labute approximate surface area is 178 Å². The van der Waals surface area contributed by atoms with Gasteiger partial charge in [-0.05, 0) is 42.4 Å². The minimum absolute atomic E-state index is 0.477. The van der Waals surface area contributed by atoms with Gasteiger partial charge in [0.05, 0.1) is 13.7 Å². The van der Waals surface area contributed by atoms with Gasteiger partial charge in [-0.1, -0.05) is 52.7 Å². The van der Waals surface area contributed by atoms with Crippen molar-refractivity contribution in [2.45, 2.75) is 33.4 Å². The maximum atomic E-state index is 5.98. The lowest BCUT2D eigenvalue weighted by atomic mass is 10.1. The molecule has 2 aromatic carbocycles. The highest BCUT2D eigenvalue weighted by Crippen LogP contribution is 2.34. The lowest BCUT2D eigenvalue weighted by Gasteiger charge is -2.15. The van der Waals surface area contributed by atoms with E-state index in [1.807, 2.05) is 19.1 Å². The highest BCUT2D eigenvalue weighted by Gasteiger charge is 2.12. The van der Waals surface area contributed by atoms with Crippen LogP contribution in [0.15, 0.2) is 40.9 Å². The molecule has 0 radical (unpaired) electrons. The summed E-state index contributed by atoms with van der Waals surface area (Å²) in [6, 6.07) is 12.2. The number of ether oxygens (including phenoxy) is 2. The van der Waals surface area contributed by atoms with Crippen LogP contribution in [0.25, 0.3) is 0 Å². The number of H-pyrrole nitrogens is 1. The Morgan fingerprint density at radius 1 is 1.21 bits per heavy atom. The molecule has 28 heavy (non-hydrogen) atoms. The Bertz CT molecular complexity index is 998. The summed E-state index contributed by atoms with van der Waals surface area (Å²) >= 11 is 8.90. The molecule has 1 aromatic heterocycles. The van der Waals surface area contributed by atoms with E-state index in [-0.39, 0.29) is 0 Å². The summed E-state index contributed by atoms with van der Waals surface area (Å²) in [7, 11) is 1.64. The average molecular weight is 463 g/mol. The number of rotatable bonds is 8. The molecule has 0 spiro atoms. The number of nitrogens with zero attached hydrogens (tertiary/aromatic N) is 2. The van der Waals surface area contributed by atoms with Crippen molar-refractivity contribution >= 4 is 28.1 Å². The molecule has 0 saturated heterocycles. The van der Waals surface area contributed by atoms with Gasteiger partial charge in [-0.3, -0.25) is 5.10 Å². The van der Waals surface area contributed by atoms with Crippen LogP contribution in [-0.4, -0.2) is 22.0 Å². The molecular weight excluding hydrogens is 440 g/mol. The summed E-state index contributed by atoms with van der Waals surface area (Å²) in [5.41, 5.74) is 6.65. The zero-order valence-electron chi connectivity index (χ0n) is 16.1. The molecular formula is C20H23BrN4O2S. The second-order valence-electron chi connectivity index (χ2n) is 6.34. The molecule has 3 aromatic rings. The molecule has 148 valence electrons. The van der Waals surface area contributed by atoms with Crippen LogP contribution in [0.1, 0.15) is 29.4 Å². The third-order valence-corrected chi connectivity index (χ3v) is 5.35. The molecule has 0 amide bonds. The Morgan fingerprint density at radius 3 is 2.64 bits per heavy atom. The molecule has 0 aliphatic rings. The molecule has 3 rings (SSSR count). The summed E-state index contributed by atoms with van der Waals surface area (Å²) in [6.07, 6.45) is 0.774. The Kier molecular flexibility index (Phi) is 6.74. The van der Waals surface area contributed by atoms with Crippen molar-refractivity contribution in [1.82, 2.24) is 14.9 Å². The number of hydrogen-bond acceptors (Lipinski definition) is 5. The van der Waals surface area contributed by atoms with Crippen molar-refractivity contribution in [3.05, 3.63) is 68.2 Å². The van der Waals surface area contributed by atoms with E-state index in [9.17, 15) is 0 Å². The zero-order valence-corrected chi connectivity index (χ0v) is 18.5. The Morgan fingerprint density at radius 2 is 1.96 bits per heavy atom. The molecule has 0 bridgehead atoms. The first kappa shape index (κ1) is 20.4. The monoisotopic (exact) mass is 462 g/mol. The Balaban J connectivity index is 1.74. The fraction of sp³-hybridized carbons (Fsp3) is 0.300. The molecule has 6 nitrogen and oxygen atoms in total. The van der Waals surface area contributed by atoms with Crippen molar-refractivity contribution in [1.29, 1.82) is 0 Å². The second-order valence-corrected chi connectivity index (χ2v) is 7.58. The molecule has 0 atom stereocenters. The van der Waals surface area contributed by atoms with Gasteiger partial charge < -0.3 is 14.9 Å². The number of halogens is 1. The number of aromatic amines is 1. The minimum atomic E-state index is 0.477. The number of aryl methyl sites for hydroxylation is 2. The quantitative estimate of drug-likeness (QED) is 0.465. The van der Waals surface area contributed by atoms with Gasteiger partial charge in [0, 0.05) is 10.9 Å². The average Bonchev–Trinajstić information content (AvgIpc) is 3.06. The second kappa shape index (κ2) is 9.25. The largest absolute Gasteiger partial charge is 0.493 e. The molecule has 0 aliphatic heterocycles. The first-order valence-electron chi connectivity index (χ1n) is 8.96. The summed E-state index contributed by atoms with van der Waals surface area (Å²) in [5.74, 6) is 2.22. The lowest BCUT2D eigenvalue weighted by molar-refractivity contribution is 0.284.